The Morgan fingerprint density at radius 2 is 1.96 bits per heavy atom. The van der Waals surface area contributed by atoms with E-state index in [0.29, 0.717) is 19.6 Å². The third-order valence-electron chi connectivity index (χ3n) is 5.48. The van der Waals surface area contributed by atoms with Crippen molar-refractivity contribution in [1.82, 2.24) is 9.80 Å². The van der Waals surface area contributed by atoms with E-state index in [-0.39, 0.29) is 17.6 Å². The van der Waals surface area contributed by atoms with Gasteiger partial charge in [-0.25, -0.2) is 4.39 Å². The fourth-order valence-electron chi connectivity index (χ4n) is 4.09. The number of carbonyl (C=O) groups is 2. The molecule has 2 aliphatic rings. The minimum atomic E-state index is -0.453. The number of nitrogens with zero attached hydrogens (tertiary/aromatic N) is 2. The number of rotatable bonds is 3. The van der Waals surface area contributed by atoms with E-state index in [1.165, 1.54) is 23.5 Å². The molecule has 2 aliphatic heterocycles. The molecule has 26 heavy (non-hydrogen) atoms. The topological polar surface area (TPSA) is 40.6 Å². The summed E-state index contributed by atoms with van der Waals surface area (Å²) < 4.78 is 13.1. The summed E-state index contributed by atoms with van der Waals surface area (Å²) in [6.07, 6.45) is 2.50. The first-order valence-electron chi connectivity index (χ1n) is 8.94. The molecule has 136 valence electrons. The Balaban J connectivity index is 1.47. The normalized spacial score (nSPS) is 23.0. The molecule has 0 radical (unpaired) electrons. The van der Waals surface area contributed by atoms with Crippen LogP contribution in [0.1, 0.15) is 34.5 Å². The van der Waals surface area contributed by atoms with Gasteiger partial charge in [-0.05, 0) is 48.4 Å². The minimum Gasteiger partial charge on any atom is -0.338 e. The van der Waals surface area contributed by atoms with Crippen molar-refractivity contribution in [2.75, 3.05) is 19.6 Å². The third kappa shape index (κ3) is 3.14. The predicted molar refractivity (Wildman–Crippen MR) is 98.3 cm³/mol. The van der Waals surface area contributed by atoms with E-state index >= 15 is 0 Å². The van der Waals surface area contributed by atoms with E-state index in [2.05, 4.69) is 0 Å². The maximum Gasteiger partial charge on any atom is 0.263 e. The molecule has 3 heterocycles. The quantitative estimate of drug-likeness (QED) is 0.827. The van der Waals surface area contributed by atoms with Gasteiger partial charge in [-0.1, -0.05) is 18.2 Å². The van der Waals surface area contributed by atoms with Crippen LogP contribution in [-0.2, 0) is 11.3 Å². The van der Waals surface area contributed by atoms with E-state index in [0.717, 1.165) is 36.2 Å². The van der Waals surface area contributed by atoms with E-state index in [1.807, 2.05) is 27.3 Å². The van der Waals surface area contributed by atoms with Crippen LogP contribution >= 0.6 is 11.3 Å². The van der Waals surface area contributed by atoms with Crippen molar-refractivity contribution in [3.8, 4) is 0 Å². The Morgan fingerprint density at radius 1 is 1.15 bits per heavy atom. The van der Waals surface area contributed by atoms with Gasteiger partial charge < -0.3 is 9.80 Å². The van der Waals surface area contributed by atoms with Crippen LogP contribution in [0.3, 0.4) is 0 Å². The van der Waals surface area contributed by atoms with Gasteiger partial charge in [-0.15, -0.1) is 11.3 Å². The highest BCUT2D eigenvalue weighted by Gasteiger charge is 2.49. The summed E-state index contributed by atoms with van der Waals surface area (Å²) in [6.45, 7) is 2.35. The van der Waals surface area contributed by atoms with E-state index < -0.39 is 5.41 Å². The van der Waals surface area contributed by atoms with Crippen LogP contribution in [0.4, 0.5) is 4.39 Å². The molecule has 2 saturated heterocycles. The number of hydrogen-bond acceptors (Lipinski definition) is 3. The summed E-state index contributed by atoms with van der Waals surface area (Å²) in [5.41, 5.74) is 0.479. The highest BCUT2D eigenvalue weighted by Crippen LogP contribution is 2.41. The Hall–Kier alpha value is -2.21. The zero-order valence-corrected chi connectivity index (χ0v) is 15.3. The average molecular weight is 372 g/mol. The molecule has 4 nitrogen and oxygen atoms in total. The van der Waals surface area contributed by atoms with Gasteiger partial charge in [-0.2, -0.15) is 0 Å². The van der Waals surface area contributed by atoms with Crippen LogP contribution in [0.5, 0.6) is 0 Å². The molecule has 4 rings (SSSR count). The second kappa shape index (κ2) is 6.83. The summed E-state index contributed by atoms with van der Waals surface area (Å²) in [4.78, 5) is 30.2. The second-order valence-corrected chi connectivity index (χ2v) is 8.14. The van der Waals surface area contributed by atoms with Crippen molar-refractivity contribution in [2.45, 2.75) is 25.8 Å². The van der Waals surface area contributed by atoms with Crippen molar-refractivity contribution in [2.24, 2.45) is 5.41 Å². The average Bonchev–Trinajstić information content (AvgIpc) is 3.31. The number of likely N-dealkylation sites (tertiary alicyclic amines) is 2. The van der Waals surface area contributed by atoms with Crippen LogP contribution in [0, 0.1) is 11.2 Å². The van der Waals surface area contributed by atoms with Gasteiger partial charge in [0.25, 0.3) is 5.91 Å². The van der Waals surface area contributed by atoms with E-state index in [1.54, 1.807) is 12.1 Å². The van der Waals surface area contributed by atoms with Crippen molar-refractivity contribution < 1.29 is 14.0 Å². The summed E-state index contributed by atoms with van der Waals surface area (Å²) in [7, 11) is 0. The van der Waals surface area contributed by atoms with Crippen molar-refractivity contribution >= 4 is 23.2 Å². The van der Waals surface area contributed by atoms with Gasteiger partial charge in [0.2, 0.25) is 5.91 Å². The summed E-state index contributed by atoms with van der Waals surface area (Å²) in [5, 5.41) is 1.90. The molecule has 0 bridgehead atoms. The lowest BCUT2D eigenvalue weighted by molar-refractivity contribution is -0.146. The van der Waals surface area contributed by atoms with Crippen molar-refractivity contribution in [1.29, 1.82) is 0 Å². The maximum atomic E-state index is 13.2. The summed E-state index contributed by atoms with van der Waals surface area (Å²) >= 11 is 1.44. The standard InChI is InChI=1S/C20H21FN2O2S/c21-16-6-4-15(5-7-16)13-22-10-2-8-20(19(22)25)9-11-23(14-20)18(24)17-3-1-12-26-17/h1,3-7,12H,2,8-11,13-14H2/t20-/m0/s1. The Kier molecular flexibility index (Phi) is 4.53. The fourth-order valence-corrected chi connectivity index (χ4v) is 4.78. The molecule has 2 aromatic rings. The first kappa shape index (κ1) is 17.2. The van der Waals surface area contributed by atoms with Gasteiger partial charge in [0.15, 0.2) is 0 Å². The molecule has 0 aliphatic carbocycles. The van der Waals surface area contributed by atoms with Gasteiger partial charge >= 0.3 is 0 Å². The molecule has 1 aromatic heterocycles. The van der Waals surface area contributed by atoms with Gasteiger partial charge in [0, 0.05) is 26.2 Å². The molecule has 6 heteroatoms. The van der Waals surface area contributed by atoms with Crippen LogP contribution in [0.2, 0.25) is 0 Å². The molecule has 0 N–H and O–H groups in total. The Morgan fingerprint density at radius 3 is 2.69 bits per heavy atom. The molecule has 1 aromatic carbocycles. The van der Waals surface area contributed by atoms with Crippen LogP contribution < -0.4 is 0 Å². The van der Waals surface area contributed by atoms with Crippen LogP contribution in [-0.4, -0.2) is 41.2 Å². The van der Waals surface area contributed by atoms with Gasteiger partial charge in [0.05, 0.1) is 10.3 Å². The van der Waals surface area contributed by atoms with Gasteiger partial charge in [-0.3, -0.25) is 9.59 Å². The van der Waals surface area contributed by atoms with Crippen LogP contribution in [0.25, 0.3) is 0 Å². The zero-order chi connectivity index (χ0) is 18.1. The number of piperidine rings is 1. The Labute approximate surface area is 156 Å². The number of hydrogen-bond donors (Lipinski definition) is 0. The zero-order valence-electron chi connectivity index (χ0n) is 14.5. The fraction of sp³-hybridized carbons (Fsp3) is 0.400. The van der Waals surface area contributed by atoms with Crippen LogP contribution in [0.15, 0.2) is 41.8 Å². The molecule has 0 saturated carbocycles. The largest absolute Gasteiger partial charge is 0.338 e. The second-order valence-electron chi connectivity index (χ2n) is 7.19. The van der Waals surface area contributed by atoms with E-state index in [9.17, 15) is 14.0 Å². The lowest BCUT2D eigenvalue weighted by Gasteiger charge is -2.39. The summed E-state index contributed by atoms with van der Waals surface area (Å²) in [5.74, 6) is -0.108. The number of carbonyl (C=O) groups excluding carboxylic acids is 2. The van der Waals surface area contributed by atoms with Gasteiger partial charge in [0.1, 0.15) is 5.82 Å². The monoisotopic (exact) mass is 372 g/mol. The molecular formula is C20H21FN2O2S. The van der Waals surface area contributed by atoms with E-state index in [4.69, 9.17) is 0 Å². The molecule has 1 atom stereocenters. The molecule has 1 spiro atoms. The lowest BCUT2D eigenvalue weighted by atomic mass is 9.78. The highest BCUT2D eigenvalue weighted by molar-refractivity contribution is 7.12. The number of benzene rings is 1. The maximum absolute atomic E-state index is 13.2. The number of halogens is 1. The number of amides is 2. The molecular weight excluding hydrogens is 351 g/mol. The lowest BCUT2D eigenvalue weighted by Crippen LogP contribution is -2.50. The third-order valence-corrected chi connectivity index (χ3v) is 6.34. The molecule has 2 fully saturated rings. The van der Waals surface area contributed by atoms with Crippen molar-refractivity contribution in [3.63, 3.8) is 0 Å². The van der Waals surface area contributed by atoms with Crippen molar-refractivity contribution in [3.05, 3.63) is 58.0 Å². The first-order valence-corrected chi connectivity index (χ1v) is 9.82. The molecule has 0 unspecified atom stereocenters. The number of thiophene rings is 1. The Bertz CT molecular complexity index is 806. The SMILES string of the molecule is O=C(c1cccs1)N1CC[C@@]2(CCCN(Cc3ccc(F)cc3)C2=O)C1. The predicted octanol–water partition coefficient (Wildman–Crippen LogP) is 3.54. The minimum absolute atomic E-state index is 0.0281. The summed E-state index contributed by atoms with van der Waals surface area (Å²) in [6, 6.07) is 10.0. The smallest absolute Gasteiger partial charge is 0.263 e. The first-order chi connectivity index (χ1) is 12.6. The molecule has 2 amide bonds. The highest BCUT2D eigenvalue weighted by atomic mass is 32.1.